The van der Waals surface area contributed by atoms with E-state index in [1.807, 2.05) is 49.7 Å². The van der Waals surface area contributed by atoms with Crippen molar-refractivity contribution < 1.29 is 15.0 Å². The highest BCUT2D eigenvalue weighted by Gasteiger charge is 2.37. The third-order valence-electron chi connectivity index (χ3n) is 2.92. The zero-order valence-electron chi connectivity index (χ0n) is 12.7. The Morgan fingerprint density at radius 1 is 1.32 bits per heavy atom. The lowest BCUT2D eigenvalue weighted by molar-refractivity contribution is -0.877. The summed E-state index contributed by atoms with van der Waals surface area (Å²) in [5, 5.41) is 4.54. The molecule has 0 saturated heterocycles. The average Bonchev–Trinajstić information content (AvgIpc) is 2.44. The van der Waals surface area contributed by atoms with Crippen molar-refractivity contribution in [2.45, 2.75) is 9.96 Å². The van der Waals surface area contributed by atoms with E-state index in [4.69, 9.17) is 34.8 Å². The zero-order chi connectivity index (χ0) is 16.6. The van der Waals surface area contributed by atoms with Crippen LogP contribution in [0.1, 0.15) is 5.56 Å². The Bertz CT molecular complexity index is 487. The maximum atomic E-state index is 12.0. The van der Waals surface area contributed by atoms with Gasteiger partial charge in [0, 0.05) is 6.08 Å². The summed E-state index contributed by atoms with van der Waals surface area (Å²) in [7, 11) is 4.08. The summed E-state index contributed by atoms with van der Waals surface area (Å²) in [5.74, 6) is -0.298. The van der Waals surface area contributed by atoms with Crippen molar-refractivity contribution in [1.29, 1.82) is 0 Å². The van der Waals surface area contributed by atoms with Crippen LogP contribution in [0.5, 0.6) is 0 Å². The van der Waals surface area contributed by atoms with Crippen LogP contribution in [0.2, 0.25) is 0 Å². The second-order valence-electron chi connectivity index (χ2n) is 5.25. The highest BCUT2D eigenvalue weighted by Crippen LogP contribution is 2.27. The molecule has 0 bridgehead atoms. The topological polar surface area (TPSA) is 50.1 Å². The van der Waals surface area contributed by atoms with Crippen LogP contribution in [0.25, 0.3) is 6.08 Å². The Morgan fingerprint density at radius 3 is 2.50 bits per heavy atom. The number of nitrogens with two attached hydrogens (primary N) is 1. The molecule has 4 N–H and O–H groups in total. The standard InChI is InChI=1S/C15H20Cl3N3O/c1-21(2)11-10-19-14(15(16,17)18)20-13(22)9-8-12-6-4-3-5-7-12/h3-9,14,19H,10-11H2,1-2H3,(H,20,22)/p+2/b9-8+/t14-/m1/s1. The van der Waals surface area contributed by atoms with Gasteiger partial charge >= 0.3 is 0 Å². The molecular formula is C15H22Cl3N3O+2. The summed E-state index contributed by atoms with van der Waals surface area (Å²) < 4.78 is -1.57. The van der Waals surface area contributed by atoms with Crippen LogP contribution in [0, 0.1) is 0 Å². The number of benzene rings is 1. The Hall–Kier alpha value is -0.780. The van der Waals surface area contributed by atoms with E-state index in [2.05, 4.69) is 5.32 Å². The molecule has 1 atom stereocenters. The molecule has 0 radical (unpaired) electrons. The second-order valence-corrected chi connectivity index (χ2v) is 7.62. The van der Waals surface area contributed by atoms with E-state index in [9.17, 15) is 4.79 Å². The van der Waals surface area contributed by atoms with Gasteiger partial charge in [0.25, 0.3) is 3.79 Å². The zero-order valence-corrected chi connectivity index (χ0v) is 14.9. The van der Waals surface area contributed by atoms with E-state index in [1.54, 1.807) is 6.08 Å². The molecule has 1 rings (SSSR count). The molecule has 122 valence electrons. The minimum atomic E-state index is -1.57. The van der Waals surface area contributed by atoms with Gasteiger partial charge in [0.05, 0.1) is 14.1 Å². The highest BCUT2D eigenvalue weighted by atomic mass is 35.6. The monoisotopic (exact) mass is 365 g/mol. The normalized spacial score (nSPS) is 13.5. The predicted octanol–water partition coefficient (Wildman–Crippen LogP) is 0.220. The summed E-state index contributed by atoms with van der Waals surface area (Å²) in [4.78, 5) is 13.3. The first-order valence-corrected chi connectivity index (χ1v) is 8.15. The molecule has 4 nitrogen and oxygen atoms in total. The lowest BCUT2D eigenvalue weighted by Crippen LogP contribution is -3.10. The van der Waals surface area contributed by atoms with E-state index in [-0.39, 0.29) is 5.91 Å². The Morgan fingerprint density at radius 2 is 1.95 bits per heavy atom. The Labute approximate surface area is 146 Å². The van der Waals surface area contributed by atoms with Crippen molar-refractivity contribution in [3.63, 3.8) is 0 Å². The van der Waals surface area contributed by atoms with E-state index in [1.165, 1.54) is 11.0 Å². The van der Waals surface area contributed by atoms with Gasteiger partial charge in [-0.3, -0.25) is 10.1 Å². The molecule has 1 amide bonds. The summed E-state index contributed by atoms with van der Waals surface area (Å²) in [6.07, 6.45) is 2.52. The first-order valence-electron chi connectivity index (χ1n) is 7.01. The van der Waals surface area contributed by atoms with Crippen molar-refractivity contribution >= 4 is 46.8 Å². The van der Waals surface area contributed by atoms with Crippen LogP contribution in [0.3, 0.4) is 0 Å². The van der Waals surface area contributed by atoms with E-state index >= 15 is 0 Å². The van der Waals surface area contributed by atoms with E-state index < -0.39 is 9.96 Å². The lowest BCUT2D eigenvalue weighted by atomic mass is 10.2. The fraction of sp³-hybridized carbons (Fsp3) is 0.400. The number of carbonyl (C=O) groups excluding carboxylic acids is 1. The molecule has 0 fully saturated rings. The third kappa shape index (κ3) is 8.01. The Kier molecular flexibility index (Phi) is 8.21. The molecule has 0 aliphatic rings. The summed E-state index contributed by atoms with van der Waals surface area (Å²) in [6.45, 7) is 1.64. The molecule has 0 aromatic heterocycles. The van der Waals surface area contributed by atoms with Crippen molar-refractivity contribution in [3.8, 4) is 0 Å². The largest absolute Gasteiger partial charge is 0.335 e. The number of halogens is 3. The fourth-order valence-corrected chi connectivity index (χ4v) is 2.18. The molecule has 0 saturated carbocycles. The molecular weight excluding hydrogens is 345 g/mol. The number of amides is 1. The average molecular weight is 367 g/mol. The molecule has 1 aromatic carbocycles. The number of nitrogens with one attached hydrogen (secondary N) is 2. The molecule has 0 spiro atoms. The fourth-order valence-electron chi connectivity index (χ4n) is 1.75. The molecule has 22 heavy (non-hydrogen) atoms. The van der Waals surface area contributed by atoms with Gasteiger partial charge in [-0.25, -0.2) is 0 Å². The van der Waals surface area contributed by atoms with E-state index in [0.29, 0.717) is 0 Å². The summed E-state index contributed by atoms with van der Waals surface area (Å²) >= 11 is 17.8. The number of alkyl halides is 3. The van der Waals surface area contributed by atoms with Gasteiger partial charge in [-0.2, -0.15) is 0 Å². The second kappa shape index (κ2) is 9.38. The van der Waals surface area contributed by atoms with Crippen LogP contribution in [-0.2, 0) is 4.79 Å². The van der Waals surface area contributed by atoms with Crippen LogP contribution in [0.15, 0.2) is 36.4 Å². The molecule has 0 heterocycles. The first-order chi connectivity index (χ1) is 10.3. The summed E-state index contributed by atoms with van der Waals surface area (Å²) in [5.41, 5.74) is 0.934. The summed E-state index contributed by atoms with van der Waals surface area (Å²) in [6, 6.07) is 9.53. The van der Waals surface area contributed by atoms with Gasteiger partial charge < -0.3 is 10.2 Å². The van der Waals surface area contributed by atoms with Gasteiger partial charge in [-0.15, -0.1) is 0 Å². The maximum absolute atomic E-state index is 12.0. The van der Waals surface area contributed by atoms with Crippen LogP contribution < -0.4 is 15.5 Å². The number of quaternary nitrogens is 2. The minimum absolute atomic E-state index is 0.298. The number of hydrogen-bond acceptors (Lipinski definition) is 1. The number of hydrogen-bond donors (Lipinski definition) is 3. The molecule has 1 aromatic rings. The SMILES string of the molecule is C[NH+](C)CC[NH2+][C@H](NC(=O)/C=C/c1ccccc1)C(Cl)(Cl)Cl. The van der Waals surface area contributed by atoms with Gasteiger partial charge in [0.1, 0.15) is 13.1 Å². The number of likely N-dealkylation sites (N-methyl/N-ethyl adjacent to an activating group) is 1. The van der Waals surface area contributed by atoms with E-state index in [0.717, 1.165) is 18.7 Å². The smallest absolute Gasteiger partial charge is 0.262 e. The quantitative estimate of drug-likeness (QED) is 0.361. The van der Waals surface area contributed by atoms with Gasteiger partial charge in [-0.1, -0.05) is 65.1 Å². The van der Waals surface area contributed by atoms with Gasteiger partial charge in [-0.05, 0) is 11.6 Å². The van der Waals surface area contributed by atoms with Gasteiger partial charge in [0.2, 0.25) is 12.1 Å². The van der Waals surface area contributed by atoms with Crippen molar-refractivity contribution in [3.05, 3.63) is 42.0 Å². The number of rotatable bonds is 7. The Balaban J connectivity index is 2.57. The van der Waals surface area contributed by atoms with Crippen LogP contribution in [-0.4, -0.2) is 43.1 Å². The molecule has 0 aliphatic heterocycles. The van der Waals surface area contributed by atoms with Crippen LogP contribution >= 0.6 is 34.8 Å². The van der Waals surface area contributed by atoms with Crippen molar-refractivity contribution in [1.82, 2.24) is 5.32 Å². The van der Waals surface area contributed by atoms with Gasteiger partial charge in [0.15, 0.2) is 0 Å². The van der Waals surface area contributed by atoms with Crippen molar-refractivity contribution in [2.75, 3.05) is 27.2 Å². The lowest BCUT2D eigenvalue weighted by Gasteiger charge is -2.23. The molecule has 0 unspecified atom stereocenters. The predicted molar refractivity (Wildman–Crippen MR) is 92.2 cm³/mol. The molecule has 0 aliphatic carbocycles. The first kappa shape index (κ1) is 19.3. The maximum Gasteiger partial charge on any atom is 0.262 e. The third-order valence-corrected chi connectivity index (χ3v) is 3.63. The molecule has 7 heteroatoms. The van der Waals surface area contributed by atoms with Crippen molar-refractivity contribution in [2.24, 2.45) is 0 Å². The number of carbonyl (C=O) groups is 1. The van der Waals surface area contributed by atoms with Crippen LogP contribution in [0.4, 0.5) is 0 Å². The highest BCUT2D eigenvalue weighted by molar-refractivity contribution is 6.68. The minimum Gasteiger partial charge on any atom is -0.335 e.